The minimum atomic E-state index is -3.08. The van der Waals surface area contributed by atoms with E-state index in [1.807, 2.05) is 26.0 Å². The predicted molar refractivity (Wildman–Crippen MR) is 101 cm³/mol. The highest BCUT2D eigenvalue weighted by molar-refractivity contribution is 7.91. The quantitative estimate of drug-likeness (QED) is 0.671. The molecule has 0 bridgehead atoms. The van der Waals surface area contributed by atoms with Crippen molar-refractivity contribution in [2.75, 3.05) is 11.5 Å². The second kappa shape index (κ2) is 8.73. The smallest absolute Gasteiger partial charge is 0.315 e. The van der Waals surface area contributed by atoms with E-state index in [0.29, 0.717) is 18.0 Å². The van der Waals surface area contributed by atoms with E-state index in [2.05, 4.69) is 16.0 Å². The van der Waals surface area contributed by atoms with E-state index in [4.69, 9.17) is 11.6 Å². The maximum atomic E-state index is 12.4. The number of urea groups is 1. The molecule has 1 aromatic carbocycles. The Balaban J connectivity index is 1.87. The van der Waals surface area contributed by atoms with Crippen LogP contribution in [0.25, 0.3) is 0 Å². The molecule has 2 rings (SSSR count). The third-order valence-electron chi connectivity index (χ3n) is 4.18. The number of carbonyl (C=O) groups is 2. The molecule has 7 nitrogen and oxygen atoms in total. The highest BCUT2D eigenvalue weighted by Gasteiger charge is 2.30. The first-order chi connectivity index (χ1) is 12.2. The number of sulfone groups is 1. The normalized spacial score (nSPS) is 19.8. The zero-order valence-corrected chi connectivity index (χ0v) is 16.4. The Morgan fingerprint density at radius 1 is 1.23 bits per heavy atom. The third-order valence-corrected chi connectivity index (χ3v) is 6.20. The number of hydrogen-bond acceptors (Lipinski definition) is 4. The van der Waals surface area contributed by atoms with Gasteiger partial charge in [-0.25, -0.2) is 13.2 Å². The van der Waals surface area contributed by atoms with Gasteiger partial charge in [0, 0.05) is 17.6 Å². The lowest BCUT2D eigenvalue weighted by Crippen LogP contribution is -2.54. The molecule has 0 radical (unpaired) electrons. The molecule has 0 saturated carbocycles. The molecular formula is C17H24ClN3O4S. The molecular weight excluding hydrogens is 378 g/mol. The second-order valence-electron chi connectivity index (χ2n) is 6.78. The number of carbonyl (C=O) groups excluding carboxylic acids is 2. The molecule has 9 heteroatoms. The summed E-state index contributed by atoms with van der Waals surface area (Å²) in [6.07, 6.45) is 0.394. The van der Waals surface area contributed by atoms with Gasteiger partial charge in [-0.05, 0) is 30.0 Å². The largest absolute Gasteiger partial charge is 0.350 e. The van der Waals surface area contributed by atoms with Crippen LogP contribution >= 0.6 is 11.6 Å². The Morgan fingerprint density at radius 2 is 1.88 bits per heavy atom. The fourth-order valence-corrected chi connectivity index (χ4v) is 4.51. The molecule has 1 heterocycles. The number of amides is 3. The van der Waals surface area contributed by atoms with Crippen molar-refractivity contribution < 1.29 is 18.0 Å². The molecule has 3 amide bonds. The zero-order valence-electron chi connectivity index (χ0n) is 14.8. The fraction of sp³-hybridized carbons (Fsp3) is 0.529. The summed E-state index contributed by atoms with van der Waals surface area (Å²) in [5.74, 6) is -0.412. The van der Waals surface area contributed by atoms with E-state index in [1.54, 1.807) is 12.1 Å². The summed E-state index contributed by atoms with van der Waals surface area (Å²) in [6.45, 7) is 3.98. The maximum Gasteiger partial charge on any atom is 0.315 e. The number of benzene rings is 1. The summed E-state index contributed by atoms with van der Waals surface area (Å²) in [7, 11) is -3.08. The minimum Gasteiger partial charge on any atom is -0.350 e. The van der Waals surface area contributed by atoms with Crippen LogP contribution in [0.15, 0.2) is 24.3 Å². The lowest BCUT2D eigenvalue weighted by Gasteiger charge is -2.23. The van der Waals surface area contributed by atoms with Crippen LogP contribution in [0.4, 0.5) is 4.79 Å². The van der Waals surface area contributed by atoms with Crippen LogP contribution in [0.2, 0.25) is 5.02 Å². The van der Waals surface area contributed by atoms with Crippen LogP contribution in [-0.4, -0.2) is 43.9 Å². The van der Waals surface area contributed by atoms with Crippen molar-refractivity contribution in [3.05, 3.63) is 34.9 Å². The highest BCUT2D eigenvalue weighted by atomic mass is 35.5. The van der Waals surface area contributed by atoms with Gasteiger partial charge in [0.2, 0.25) is 5.91 Å². The molecule has 144 valence electrons. The Bertz CT molecular complexity index is 750. The summed E-state index contributed by atoms with van der Waals surface area (Å²) in [5.41, 5.74) is 0.894. The van der Waals surface area contributed by atoms with Crippen molar-refractivity contribution in [3.63, 3.8) is 0 Å². The van der Waals surface area contributed by atoms with Gasteiger partial charge in [0.05, 0.1) is 11.5 Å². The Morgan fingerprint density at radius 3 is 2.42 bits per heavy atom. The van der Waals surface area contributed by atoms with Gasteiger partial charge in [-0.3, -0.25) is 4.79 Å². The minimum absolute atomic E-state index is 0.0600. The van der Waals surface area contributed by atoms with E-state index in [1.165, 1.54) is 0 Å². The van der Waals surface area contributed by atoms with Crippen molar-refractivity contribution in [1.82, 2.24) is 16.0 Å². The monoisotopic (exact) mass is 401 g/mol. The van der Waals surface area contributed by atoms with E-state index in [-0.39, 0.29) is 23.3 Å². The van der Waals surface area contributed by atoms with Crippen molar-refractivity contribution in [1.29, 1.82) is 0 Å². The molecule has 2 atom stereocenters. The van der Waals surface area contributed by atoms with Gasteiger partial charge in [-0.2, -0.15) is 0 Å². The molecule has 26 heavy (non-hydrogen) atoms. The Kier molecular flexibility index (Phi) is 6.88. The van der Waals surface area contributed by atoms with Gasteiger partial charge in [0.15, 0.2) is 9.84 Å². The van der Waals surface area contributed by atoms with E-state index in [9.17, 15) is 18.0 Å². The van der Waals surface area contributed by atoms with Crippen LogP contribution in [0.3, 0.4) is 0 Å². The molecule has 0 spiro atoms. The van der Waals surface area contributed by atoms with Crippen molar-refractivity contribution >= 4 is 33.4 Å². The van der Waals surface area contributed by atoms with Crippen LogP contribution in [0.5, 0.6) is 0 Å². The van der Waals surface area contributed by atoms with Gasteiger partial charge < -0.3 is 16.0 Å². The standard InChI is InChI=1S/C17H24ClN3O4S/c1-11(2)15(16(22)19-9-12-3-5-13(18)6-4-12)21-17(23)20-14-7-8-26(24,25)10-14/h3-6,11,14-15H,7-10H2,1-2H3,(H,19,22)(H2,20,21,23). The highest BCUT2D eigenvalue weighted by Crippen LogP contribution is 2.12. The summed E-state index contributed by atoms with van der Waals surface area (Å²) in [4.78, 5) is 24.6. The average molecular weight is 402 g/mol. The van der Waals surface area contributed by atoms with Crippen LogP contribution in [0.1, 0.15) is 25.8 Å². The van der Waals surface area contributed by atoms with Gasteiger partial charge in [-0.1, -0.05) is 37.6 Å². The molecule has 0 aliphatic carbocycles. The van der Waals surface area contributed by atoms with Crippen molar-refractivity contribution in [2.45, 2.75) is 38.9 Å². The first kappa shape index (κ1) is 20.5. The molecule has 0 aromatic heterocycles. The van der Waals surface area contributed by atoms with Crippen LogP contribution in [0, 0.1) is 5.92 Å². The molecule has 1 aliphatic heterocycles. The molecule has 2 unspecified atom stereocenters. The number of rotatable bonds is 6. The van der Waals surface area contributed by atoms with Gasteiger partial charge >= 0.3 is 6.03 Å². The number of hydrogen-bond donors (Lipinski definition) is 3. The van der Waals surface area contributed by atoms with E-state index < -0.39 is 28.0 Å². The summed E-state index contributed by atoms with van der Waals surface area (Å²) in [5, 5.41) is 8.68. The molecule has 1 fully saturated rings. The van der Waals surface area contributed by atoms with Crippen molar-refractivity contribution in [3.8, 4) is 0 Å². The Hall–Kier alpha value is -1.80. The fourth-order valence-electron chi connectivity index (χ4n) is 2.71. The number of nitrogens with one attached hydrogen (secondary N) is 3. The lowest BCUT2D eigenvalue weighted by molar-refractivity contribution is -0.124. The predicted octanol–water partition coefficient (Wildman–Crippen LogP) is 1.47. The molecule has 3 N–H and O–H groups in total. The van der Waals surface area contributed by atoms with Crippen LogP contribution < -0.4 is 16.0 Å². The molecule has 1 aliphatic rings. The van der Waals surface area contributed by atoms with Gasteiger partial charge in [0.1, 0.15) is 6.04 Å². The SMILES string of the molecule is CC(C)C(NC(=O)NC1CCS(=O)(=O)C1)C(=O)NCc1ccc(Cl)cc1. The topological polar surface area (TPSA) is 104 Å². The van der Waals surface area contributed by atoms with Crippen LogP contribution in [-0.2, 0) is 21.2 Å². The summed E-state index contributed by atoms with van der Waals surface area (Å²) < 4.78 is 22.9. The Labute approximate surface area is 158 Å². The maximum absolute atomic E-state index is 12.4. The van der Waals surface area contributed by atoms with Gasteiger partial charge in [-0.15, -0.1) is 0 Å². The molecule has 1 aromatic rings. The van der Waals surface area contributed by atoms with Gasteiger partial charge in [0.25, 0.3) is 0 Å². The lowest BCUT2D eigenvalue weighted by atomic mass is 10.0. The first-order valence-corrected chi connectivity index (χ1v) is 10.7. The molecule has 1 saturated heterocycles. The zero-order chi connectivity index (χ0) is 19.3. The van der Waals surface area contributed by atoms with Crippen molar-refractivity contribution in [2.24, 2.45) is 5.92 Å². The number of halogens is 1. The second-order valence-corrected chi connectivity index (χ2v) is 9.45. The van der Waals surface area contributed by atoms with E-state index in [0.717, 1.165) is 5.56 Å². The first-order valence-electron chi connectivity index (χ1n) is 8.46. The van der Waals surface area contributed by atoms with E-state index >= 15 is 0 Å². The third kappa shape index (κ3) is 6.17. The summed E-state index contributed by atoms with van der Waals surface area (Å²) in [6, 6.07) is 5.44. The average Bonchev–Trinajstić information content (AvgIpc) is 2.90. The summed E-state index contributed by atoms with van der Waals surface area (Å²) >= 11 is 5.83.